The fourth-order valence-corrected chi connectivity index (χ4v) is 1.36. The minimum atomic E-state index is 0.173. The van der Waals surface area contributed by atoms with Crippen molar-refractivity contribution in [1.29, 1.82) is 0 Å². The number of hydrogen-bond acceptors (Lipinski definition) is 1. The number of carbonyl (C=O) groups is 1. The van der Waals surface area contributed by atoms with Crippen LogP contribution in [0, 0.1) is 6.07 Å². The fourth-order valence-electron chi connectivity index (χ4n) is 1.23. The number of benzene rings is 2. The van der Waals surface area contributed by atoms with Crippen molar-refractivity contribution >= 4 is 17.4 Å². The summed E-state index contributed by atoms with van der Waals surface area (Å²) in [6.45, 7) is 1.58. The Balaban J connectivity index is 0.000000202. The summed E-state index contributed by atoms with van der Waals surface area (Å²) < 4.78 is 0. The van der Waals surface area contributed by atoms with Gasteiger partial charge in [-0.2, -0.15) is 0 Å². The van der Waals surface area contributed by atoms with E-state index in [9.17, 15) is 4.79 Å². The highest BCUT2D eigenvalue weighted by Crippen LogP contribution is 2.09. The van der Waals surface area contributed by atoms with Crippen LogP contribution in [0.3, 0.4) is 0 Å². The van der Waals surface area contributed by atoms with Crippen molar-refractivity contribution in [3.63, 3.8) is 0 Å². The Bertz CT molecular complexity index is 408. The minimum Gasteiger partial charge on any atom is -0.300 e. The molecule has 0 saturated carbocycles. The average molecular weight is 246 g/mol. The first kappa shape index (κ1) is 13.5. The summed E-state index contributed by atoms with van der Waals surface area (Å²) in [5, 5.41) is 0.706. The summed E-state index contributed by atoms with van der Waals surface area (Å²) in [4.78, 5) is 10.7. The molecule has 2 rings (SSSR count). The van der Waals surface area contributed by atoms with Gasteiger partial charge in [-0.3, -0.25) is 4.79 Å². The monoisotopic (exact) mass is 245 g/mol. The van der Waals surface area contributed by atoms with Crippen LogP contribution >= 0.6 is 11.6 Å². The zero-order valence-electron chi connectivity index (χ0n) is 9.69. The Kier molecular flexibility index (Phi) is 6.05. The highest BCUT2D eigenvalue weighted by molar-refractivity contribution is 6.30. The second-order valence-electron chi connectivity index (χ2n) is 3.58. The van der Waals surface area contributed by atoms with E-state index in [1.54, 1.807) is 19.1 Å². The Morgan fingerprint density at radius 1 is 1.12 bits per heavy atom. The zero-order valence-corrected chi connectivity index (χ0v) is 10.4. The van der Waals surface area contributed by atoms with E-state index in [0.29, 0.717) is 11.4 Å². The van der Waals surface area contributed by atoms with E-state index < -0.39 is 0 Å². The van der Waals surface area contributed by atoms with Gasteiger partial charge < -0.3 is 0 Å². The second-order valence-corrected chi connectivity index (χ2v) is 4.02. The van der Waals surface area contributed by atoms with Gasteiger partial charge in [-0.05, 0) is 30.7 Å². The predicted molar refractivity (Wildman–Crippen MR) is 71.1 cm³/mol. The van der Waals surface area contributed by atoms with Crippen LogP contribution in [-0.4, -0.2) is 5.78 Å². The predicted octanol–water partition coefficient (Wildman–Crippen LogP) is 3.96. The topological polar surface area (TPSA) is 17.1 Å². The molecule has 0 heterocycles. The molecule has 0 spiro atoms. The van der Waals surface area contributed by atoms with Gasteiger partial charge in [0.1, 0.15) is 5.78 Å². The van der Waals surface area contributed by atoms with Gasteiger partial charge in [0.05, 0.1) is 0 Å². The molecule has 1 radical (unpaired) electrons. The highest BCUT2D eigenvalue weighted by atomic mass is 35.5. The molecule has 0 aromatic heterocycles. The lowest BCUT2D eigenvalue weighted by Crippen LogP contribution is -1.94. The molecule has 0 amide bonds. The van der Waals surface area contributed by atoms with Crippen molar-refractivity contribution < 1.29 is 4.79 Å². The molecule has 87 valence electrons. The van der Waals surface area contributed by atoms with Crippen molar-refractivity contribution in [3.8, 4) is 0 Å². The summed E-state index contributed by atoms with van der Waals surface area (Å²) >= 11 is 5.66. The zero-order chi connectivity index (χ0) is 12.5. The molecule has 0 N–H and O–H groups in total. The SMILES string of the molecule is CC(=O)Cc1ccc(Cl)cc1.[c]1ccccc1. The van der Waals surface area contributed by atoms with E-state index in [2.05, 4.69) is 6.07 Å². The van der Waals surface area contributed by atoms with E-state index in [0.717, 1.165) is 5.56 Å². The van der Waals surface area contributed by atoms with Crippen molar-refractivity contribution in [2.24, 2.45) is 0 Å². The van der Waals surface area contributed by atoms with Crippen LogP contribution in [0.5, 0.6) is 0 Å². The van der Waals surface area contributed by atoms with Gasteiger partial charge in [0.15, 0.2) is 0 Å². The van der Waals surface area contributed by atoms with E-state index in [4.69, 9.17) is 11.6 Å². The number of ketones is 1. The van der Waals surface area contributed by atoms with E-state index in [1.165, 1.54) is 0 Å². The molecule has 0 fully saturated rings. The molecule has 0 unspecified atom stereocenters. The van der Waals surface area contributed by atoms with Crippen LogP contribution in [0.15, 0.2) is 54.6 Å². The summed E-state index contributed by atoms with van der Waals surface area (Å²) in [5.74, 6) is 0.173. The third-order valence-electron chi connectivity index (χ3n) is 1.97. The van der Waals surface area contributed by atoms with E-state index >= 15 is 0 Å². The number of carbonyl (C=O) groups excluding carboxylic acids is 1. The Hall–Kier alpha value is -1.60. The molecule has 0 aliphatic heterocycles. The molecule has 2 heteroatoms. The van der Waals surface area contributed by atoms with Crippen LogP contribution in [0.2, 0.25) is 5.02 Å². The number of halogens is 1. The molecule has 2 aromatic rings. The number of rotatable bonds is 2. The molecule has 0 saturated heterocycles. The lowest BCUT2D eigenvalue weighted by Gasteiger charge is -1.95. The van der Waals surface area contributed by atoms with Crippen LogP contribution in [-0.2, 0) is 11.2 Å². The largest absolute Gasteiger partial charge is 0.300 e. The maximum absolute atomic E-state index is 10.7. The van der Waals surface area contributed by atoms with Crippen LogP contribution < -0.4 is 0 Å². The molecule has 0 bridgehead atoms. The van der Waals surface area contributed by atoms with Crippen LogP contribution in [0.4, 0.5) is 0 Å². The number of Topliss-reactive ketones (excluding diaryl/α,β-unsaturated/α-hetero) is 1. The molecule has 1 nitrogen and oxygen atoms in total. The Morgan fingerprint density at radius 3 is 2.06 bits per heavy atom. The van der Waals surface area contributed by atoms with E-state index in [1.807, 2.05) is 42.5 Å². The fraction of sp³-hybridized carbons (Fsp3) is 0.133. The van der Waals surface area contributed by atoms with Gasteiger partial charge in [0.2, 0.25) is 0 Å². The van der Waals surface area contributed by atoms with Gasteiger partial charge in [-0.25, -0.2) is 0 Å². The maximum atomic E-state index is 10.7. The molecule has 0 atom stereocenters. The number of hydrogen-bond donors (Lipinski definition) is 0. The Morgan fingerprint density at radius 2 is 1.71 bits per heavy atom. The molecule has 0 aliphatic rings. The minimum absolute atomic E-state index is 0.173. The average Bonchev–Trinajstić information content (AvgIpc) is 2.35. The molecular formula is C15H14ClO. The van der Waals surface area contributed by atoms with Crippen molar-refractivity contribution in [2.75, 3.05) is 0 Å². The van der Waals surface area contributed by atoms with Crippen LogP contribution in [0.25, 0.3) is 0 Å². The van der Waals surface area contributed by atoms with Gasteiger partial charge in [0.25, 0.3) is 0 Å². The van der Waals surface area contributed by atoms with Gasteiger partial charge in [-0.15, -0.1) is 0 Å². The first-order valence-corrected chi connectivity index (χ1v) is 5.71. The van der Waals surface area contributed by atoms with Gasteiger partial charge >= 0.3 is 0 Å². The molecule has 2 aromatic carbocycles. The lowest BCUT2D eigenvalue weighted by molar-refractivity contribution is -0.116. The standard InChI is InChI=1S/C9H9ClO.C6H5/c1-7(11)6-8-2-4-9(10)5-3-8;1-2-4-6-5-3-1/h2-5H,6H2,1H3;1-5H. The third-order valence-corrected chi connectivity index (χ3v) is 2.23. The molecular weight excluding hydrogens is 232 g/mol. The lowest BCUT2D eigenvalue weighted by atomic mass is 10.1. The van der Waals surface area contributed by atoms with Gasteiger partial charge in [0, 0.05) is 11.4 Å². The maximum Gasteiger partial charge on any atom is 0.134 e. The molecule has 0 aliphatic carbocycles. The quantitative estimate of drug-likeness (QED) is 0.783. The Labute approximate surface area is 107 Å². The highest BCUT2D eigenvalue weighted by Gasteiger charge is 1.95. The third kappa shape index (κ3) is 6.54. The summed E-state index contributed by atoms with van der Waals surface area (Å²) in [7, 11) is 0. The summed E-state index contributed by atoms with van der Waals surface area (Å²) in [5.41, 5.74) is 1.02. The molecule has 17 heavy (non-hydrogen) atoms. The van der Waals surface area contributed by atoms with Crippen molar-refractivity contribution in [3.05, 3.63) is 71.2 Å². The van der Waals surface area contributed by atoms with Gasteiger partial charge in [-0.1, -0.05) is 54.1 Å². The second kappa shape index (κ2) is 7.64. The van der Waals surface area contributed by atoms with E-state index in [-0.39, 0.29) is 5.78 Å². The van der Waals surface area contributed by atoms with Crippen molar-refractivity contribution in [2.45, 2.75) is 13.3 Å². The first-order chi connectivity index (χ1) is 8.18. The van der Waals surface area contributed by atoms with Crippen LogP contribution in [0.1, 0.15) is 12.5 Å². The normalized spacial score (nSPS) is 9.06. The smallest absolute Gasteiger partial charge is 0.134 e. The summed E-state index contributed by atoms with van der Waals surface area (Å²) in [6, 6.07) is 19.8. The summed E-state index contributed by atoms with van der Waals surface area (Å²) in [6.07, 6.45) is 0.497. The van der Waals surface area contributed by atoms with Crippen molar-refractivity contribution in [1.82, 2.24) is 0 Å². The first-order valence-electron chi connectivity index (χ1n) is 5.33.